The molecule has 3 N–H and O–H groups in total. The lowest BCUT2D eigenvalue weighted by Crippen LogP contribution is -2.37. The van der Waals surface area contributed by atoms with E-state index in [1.165, 1.54) is 0 Å². The summed E-state index contributed by atoms with van der Waals surface area (Å²) in [4.78, 5) is 27.7. The number of para-hydroxylation sites is 2. The zero-order valence-electron chi connectivity index (χ0n) is 17.8. The minimum atomic E-state index is -0.419. The molecular formula is C25H26N4O3. The molecule has 0 unspecified atom stereocenters. The van der Waals surface area contributed by atoms with Gasteiger partial charge in [0.05, 0.1) is 11.7 Å². The van der Waals surface area contributed by atoms with Gasteiger partial charge in [0, 0.05) is 54.5 Å². The van der Waals surface area contributed by atoms with E-state index in [1.54, 1.807) is 0 Å². The van der Waals surface area contributed by atoms with E-state index >= 15 is 0 Å². The molecular weight excluding hydrogens is 404 g/mol. The highest BCUT2D eigenvalue weighted by atomic mass is 16.3. The second kappa shape index (κ2) is 8.61. The Labute approximate surface area is 186 Å². The lowest BCUT2D eigenvalue weighted by molar-refractivity contribution is -0.123. The van der Waals surface area contributed by atoms with E-state index < -0.39 is 5.91 Å². The molecule has 3 aromatic rings. The Kier molecular flexibility index (Phi) is 5.51. The molecule has 2 aliphatic rings. The van der Waals surface area contributed by atoms with Gasteiger partial charge < -0.3 is 19.9 Å². The number of hydrogen-bond acceptors (Lipinski definition) is 5. The van der Waals surface area contributed by atoms with Gasteiger partial charge in [0.1, 0.15) is 5.70 Å². The number of amides is 2. The Bertz CT molecular complexity index is 1190. The number of nitrogens with zero attached hydrogens (tertiary/aromatic N) is 2. The van der Waals surface area contributed by atoms with E-state index in [4.69, 9.17) is 0 Å². The molecule has 0 radical (unpaired) electrons. The van der Waals surface area contributed by atoms with E-state index in [0.717, 1.165) is 61.2 Å². The predicted octanol–water partition coefficient (Wildman–Crippen LogP) is 2.58. The van der Waals surface area contributed by atoms with Crippen LogP contribution in [0.1, 0.15) is 18.4 Å². The summed E-state index contributed by atoms with van der Waals surface area (Å²) in [5, 5.41) is 16.3. The number of hydrogen-bond donors (Lipinski definition) is 3. The number of carbonyl (C=O) groups is 2. The van der Waals surface area contributed by atoms with Crippen LogP contribution in [0.5, 0.6) is 0 Å². The first-order valence-corrected chi connectivity index (χ1v) is 11.0. The highest BCUT2D eigenvalue weighted by Crippen LogP contribution is 2.32. The Hall–Kier alpha value is -3.42. The molecule has 0 atom stereocenters. The van der Waals surface area contributed by atoms with Crippen LogP contribution >= 0.6 is 0 Å². The monoisotopic (exact) mass is 430 g/mol. The van der Waals surface area contributed by atoms with Crippen LogP contribution in [-0.4, -0.2) is 52.1 Å². The van der Waals surface area contributed by atoms with Crippen LogP contribution in [0, 0.1) is 0 Å². The summed E-state index contributed by atoms with van der Waals surface area (Å²) in [6.45, 7) is 3.41. The molecule has 2 aliphatic heterocycles. The van der Waals surface area contributed by atoms with Crippen LogP contribution in [0.15, 0.2) is 66.5 Å². The van der Waals surface area contributed by atoms with Crippen molar-refractivity contribution in [1.82, 2.24) is 14.8 Å². The van der Waals surface area contributed by atoms with Crippen molar-refractivity contribution in [3.63, 3.8) is 0 Å². The molecule has 1 aromatic heterocycles. The van der Waals surface area contributed by atoms with Gasteiger partial charge in [0.15, 0.2) is 0 Å². The van der Waals surface area contributed by atoms with E-state index in [-0.39, 0.29) is 17.7 Å². The third-order valence-electron chi connectivity index (χ3n) is 6.25. The van der Waals surface area contributed by atoms with Crippen molar-refractivity contribution in [2.24, 2.45) is 0 Å². The van der Waals surface area contributed by atoms with E-state index in [2.05, 4.69) is 20.1 Å². The third-order valence-corrected chi connectivity index (χ3v) is 6.25. The molecule has 32 heavy (non-hydrogen) atoms. The van der Waals surface area contributed by atoms with Gasteiger partial charge in [-0.25, -0.2) is 0 Å². The minimum absolute atomic E-state index is 0.189. The summed E-state index contributed by atoms with van der Waals surface area (Å²) in [7, 11) is 0. The Morgan fingerprint density at radius 3 is 2.44 bits per heavy atom. The van der Waals surface area contributed by atoms with Crippen molar-refractivity contribution in [2.75, 3.05) is 25.0 Å². The van der Waals surface area contributed by atoms with Gasteiger partial charge in [-0.15, -0.1) is 0 Å². The summed E-state index contributed by atoms with van der Waals surface area (Å²) < 4.78 is 2.15. The van der Waals surface area contributed by atoms with Gasteiger partial charge in [-0.05, 0) is 31.0 Å². The van der Waals surface area contributed by atoms with Crippen molar-refractivity contribution in [3.05, 3.63) is 72.1 Å². The van der Waals surface area contributed by atoms with E-state index in [9.17, 15) is 14.7 Å². The van der Waals surface area contributed by atoms with Crippen molar-refractivity contribution in [1.29, 1.82) is 0 Å². The second-order valence-corrected chi connectivity index (χ2v) is 8.35. The van der Waals surface area contributed by atoms with Gasteiger partial charge in [0.2, 0.25) is 0 Å². The number of aliphatic hydroxyl groups excluding tert-OH is 1. The maximum atomic E-state index is 12.8. The number of carbonyl (C=O) groups excluding carboxylic acids is 2. The number of imide groups is 1. The zero-order valence-corrected chi connectivity index (χ0v) is 17.8. The number of piperidine rings is 1. The van der Waals surface area contributed by atoms with E-state index in [0.29, 0.717) is 5.57 Å². The van der Waals surface area contributed by atoms with Crippen LogP contribution in [0.2, 0.25) is 0 Å². The summed E-state index contributed by atoms with van der Waals surface area (Å²) in [6, 6.07) is 17.3. The number of nitrogens with one attached hydrogen (secondary N) is 2. The first kappa shape index (κ1) is 20.5. The molecule has 2 amide bonds. The molecule has 3 heterocycles. The van der Waals surface area contributed by atoms with Gasteiger partial charge in [-0.3, -0.25) is 14.9 Å². The molecule has 0 aliphatic carbocycles. The van der Waals surface area contributed by atoms with Crippen LogP contribution in [0.25, 0.3) is 16.5 Å². The number of aromatic nitrogens is 1. The van der Waals surface area contributed by atoms with Crippen molar-refractivity contribution >= 4 is 34.0 Å². The lowest BCUT2D eigenvalue weighted by Gasteiger charge is -2.29. The largest absolute Gasteiger partial charge is 0.393 e. The molecule has 5 rings (SSSR count). The molecule has 2 aromatic carbocycles. The first-order valence-electron chi connectivity index (χ1n) is 11.0. The van der Waals surface area contributed by atoms with Gasteiger partial charge in [-0.2, -0.15) is 0 Å². The van der Waals surface area contributed by atoms with Crippen LogP contribution in [0.4, 0.5) is 5.69 Å². The number of benzene rings is 2. The average Bonchev–Trinajstić information content (AvgIpc) is 3.30. The summed E-state index contributed by atoms with van der Waals surface area (Å²) in [6.07, 6.45) is 3.40. The molecule has 0 saturated carbocycles. The smallest absolute Gasteiger partial charge is 0.275 e. The summed E-state index contributed by atoms with van der Waals surface area (Å²) in [5.41, 5.74) is 3.17. The first-order chi connectivity index (χ1) is 15.6. The van der Waals surface area contributed by atoms with Gasteiger partial charge >= 0.3 is 0 Å². The molecule has 7 heteroatoms. The van der Waals surface area contributed by atoms with Crippen molar-refractivity contribution in [3.8, 4) is 0 Å². The molecule has 164 valence electrons. The fraction of sp³-hybridized carbons (Fsp3) is 0.280. The second-order valence-electron chi connectivity index (χ2n) is 8.35. The summed E-state index contributed by atoms with van der Waals surface area (Å²) >= 11 is 0. The SMILES string of the molecule is O=C1NC(=O)C(c2cn(CCN3CCC(O)CC3)c3ccccc23)=C1Nc1ccccc1. The van der Waals surface area contributed by atoms with Crippen molar-refractivity contribution < 1.29 is 14.7 Å². The molecule has 1 fully saturated rings. The third kappa shape index (κ3) is 3.92. The van der Waals surface area contributed by atoms with Gasteiger partial charge in [0.25, 0.3) is 11.8 Å². The number of anilines is 1. The van der Waals surface area contributed by atoms with Crippen molar-refractivity contribution in [2.45, 2.75) is 25.5 Å². The maximum absolute atomic E-state index is 12.8. The number of aliphatic hydroxyl groups is 1. The standard InChI is InChI=1S/C25H26N4O3/c30-18-10-12-28(13-11-18)14-15-29-16-20(19-8-4-5-9-21(19)29)22-23(25(32)27-24(22)31)26-17-6-2-1-3-7-17/h1-9,16,18,30H,10-15H2,(H2,26,27,31,32). The fourth-order valence-electron chi connectivity index (χ4n) is 4.52. The average molecular weight is 431 g/mol. The maximum Gasteiger partial charge on any atom is 0.275 e. The van der Waals surface area contributed by atoms with Crippen LogP contribution < -0.4 is 10.6 Å². The Morgan fingerprint density at radius 1 is 0.938 bits per heavy atom. The minimum Gasteiger partial charge on any atom is -0.393 e. The molecule has 0 spiro atoms. The van der Waals surface area contributed by atoms with Crippen LogP contribution in [0.3, 0.4) is 0 Å². The van der Waals surface area contributed by atoms with Gasteiger partial charge in [-0.1, -0.05) is 36.4 Å². The highest BCUT2D eigenvalue weighted by Gasteiger charge is 2.33. The number of rotatable bonds is 6. The van der Waals surface area contributed by atoms with E-state index in [1.807, 2.05) is 60.8 Å². The van der Waals surface area contributed by atoms with Crippen LogP contribution in [-0.2, 0) is 16.1 Å². The number of fused-ring (bicyclic) bond motifs is 1. The summed E-state index contributed by atoms with van der Waals surface area (Å²) in [5.74, 6) is -0.807. The molecule has 0 bridgehead atoms. The highest BCUT2D eigenvalue weighted by molar-refractivity contribution is 6.38. The Morgan fingerprint density at radius 2 is 1.66 bits per heavy atom. The fourth-order valence-corrected chi connectivity index (χ4v) is 4.52. The molecule has 7 nitrogen and oxygen atoms in total. The lowest BCUT2D eigenvalue weighted by atomic mass is 10.0. The number of likely N-dealkylation sites (tertiary alicyclic amines) is 1. The normalized spacial score (nSPS) is 17.9. The predicted molar refractivity (Wildman–Crippen MR) is 124 cm³/mol. The quantitative estimate of drug-likeness (QED) is 0.524. The topological polar surface area (TPSA) is 86.6 Å². The zero-order chi connectivity index (χ0) is 22.1. The molecule has 1 saturated heterocycles. The Balaban J connectivity index is 1.50.